The molecule has 1 aromatic carbocycles. The maximum atomic E-state index is 15.0. The van der Waals surface area contributed by atoms with Crippen molar-refractivity contribution >= 4 is 5.97 Å². The second kappa shape index (κ2) is 26.5. The third-order valence-corrected chi connectivity index (χ3v) is 16.9. The molecule has 3 aliphatic rings. The Kier molecular flexibility index (Phi) is 21.6. The third-order valence-electron chi connectivity index (χ3n) is 16.9. The summed E-state index contributed by atoms with van der Waals surface area (Å²) >= 11 is 0. The summed E-state index contributed by atoms with van der Waals surface area (Å²) < 4.78 is 62.1. The van der Waals surface area contributed by atoms with Crippen LogP contribution in [0.15, 0.2) is 36.7 Å². The fourth-order valence-corrected chi connectivity index (χ4v) is 11.9. The summed E-state index contributed by atoms with van der Waals surface area (Å²) in [6.07, 6.45) is -7.40. The lowest BCUT2D eigenvalue weighted by Gasteiger charge is -2.49. The average Bonchev–Trinajstić information content (AvgIpc) is 4.12. The number of nitrogens with zero attached hydrogens (tertiary/aromatic N) is 8. The number of likely N-dealkylation sites (N-methyl/N-ethyl adjacent to an activating group) is 2. The minimum absolute atomic E-state index is 0.0760. The molecule has 0 aliphatic carbocycles. The Hall–Kier alpha value is -3.66. The zero-order valence-corrected chi connectivity index (χ0v) is 48.4. The van der Waals surface area contributed by atoms with Crippen LogP contribution in [0.4, 0.5) is 4.39 Å². The zero-order valence-electron chi connectivity index (χ0n) is 48.4. The van der Waals surface area contributed by atoms with Gasteiger partial charge in [0.2, 0.25) is 0 Å². The van der Waals surface area contributed by atoms with Crippen molar-refractivity contribution < 1.29 is 73.0 Å². The van der Waals surface area contributed by atoms with Gasteiger partial charge in [0.05, 0.1) is 65.2 Å². The highest BCUT2D eigenvalue weighted by molar-refractivity contribution is 5.73. The monoisotopic (exact) mass is 1110 g/mol. The van der Waals surface area contributed by atoms with Gasteiger partial charge in [0.25, 0.3) is 0 Å². The Labute approximate surface area is 459 Å². The summed E-state index contributed by atoms with van der Waals surface area (Å²) in [4.78, 5) is 18.4. The summed E-state index contributed by atoms with van der Waals surface area (Å²) in [5.74, 6) is -2.92. The molecule has 3 aliphatic heterocycles. The molecule has 22 nitrogen and oxygen atoms in total. The van der Waals surface area contributed by atoms with Gasteiger partial charge in [-0.05, 0) is 112 Å². The number of hydrogen-bond donors (Lipinski definition) is 6. The van der Waals surface area contributed by atoms with Crippen LogP contribution < -0.4 is 0 Å². The quantitative estimate of drug-likeness (QED) is 0.105. The maximum Gasteiger partial charge on any atom is 0.311 e. The first-order chi connectivity index (χ1) is 36.6. The van der Waals surface area contributed by atoms with Crippen LogP contribution in [0.3, 0.4) is 0 Å². The van der Waals surface area contributed by atoms with E-state index in [2.05, 4.69) is 20.6 Å². The Morgan fingerprint density at radius 1 is 0.936 bits per heavy atom. The Morgan fingerprint density at radius 3 is 2.22 bits per heavy atom. The molecular formula is C55H91FN8O14. The van der Waals surface area contributed by atoms with E-state index in [9.17, 15) is 39.8 Å². The number of aliphatic hydroxyl groups excluding tert-OH is 4. The van der Waals surface area contributed by atoms with Crippen molar-refractivity contribution in [3.05, 3.63) is 53.6 Å². The van der Waals surface area contributed by atoms with Crippen LogP contribution in [-0.2, 0) is 44.4 Å². The van der Waals surface area contributed by atoms with Crippen molar-refractivity contribution in [2.45, 2.75) is 217 Å². The van der Waals surface area contributed by atoms with E-state index in [1.54, 1.807) is 84.6 Å². The van der Waals surface area contributed by atoms with Crippen LogP contribution in [0.1, 0.15) is 137 Å². The summed E-state index contributed by atoms with van der Waals surface area (Å²) in [7, 11) is 6.69. The average molecular weight is 1110 g/mol. The fourth-order valence-electron chi connectivity index (χ4n) is 11.9. The van der Waals surface area contributed by atoms with Crippen LogP contribution >= 0.6 is 0 Å². The molecule has 442 valence electrons. The van der Waals surface area contributed by atoms with Crippen molar-refractivity contribution in [1.82, 2.24) is 39.8 Å². The minimum atomic E-state index is -1.86. The van der Waals surface area contributed by atoms with E-state index >= 15 is 0 Å². The van der Waals surface area contributed by atoms with Crippen LogP contribution in [0, 0.1) is 17.8 Å². The van der Waals surface area contributed by atoms with E-state index < -0.39 is 133 Å². The SMILES string of the molecule is CC[C@H]1OC(=O)[C@H](C)[C@@H](O[C@H]2C[C@@](C)(OC)[C@@H](O)[C@H](C)O2)[C@H](C)[C@@H](O[C@@H]2O[C@H](C)C[C@H](N(C)CCc3cn([C@H](CF)[C@H](OC)c4ccc(-n5cc(C(C)O)nn5)cc4)nn3)[C@H]2O)[C@](C)(O)C[C@@H](C)CN(C)[C@H](C)[C@@H](O)[C@]1(C)O. The van der Waals surface area contributed by atoms with E-state index in [4.69, 9.17) is 33.2 Å². The molecule has 6 rings (SSSR count). The molecule has 0 saturated carbocycles. The lowest BCUT2D eigenvalue weighted by Crippen LogP contribution is -2.61. The van der Waals surface area contributed by atoms with Gasteiger partial charge in [-0.1, -0.05) is 43.3 Å². The molecule has 3 fully saturated rings. The molecule has 5 heterocycles. The second-order valence-corrected chi connectivity index (χ2v) is 23.4. The third kappa shape index (κ3) is 14.3. The van der Waals surface area contributed by atoms with Crippen LogP contribution in [-0.4, -0.2) is 215 Å². The van der Waals surface area contributed by atoms with Gasteiger partial charge in [-0.25, -0.2) is 13.8 Å². The van der Waals surface area contributed by atoms with Crippen molar-refractivity contribution in [3.63, 3.8) is 0 Å². The molecule has 21 atom stereocenters. The first-order valence-electron chi connectivity index (χ1n) is 27.6. The van der Waals surface area contributed by atoms with Gasteiger partial charge in [0.1, 0.15) is 54.5 Å². The number of cyclic esters (lactones) is 1. The van der Waals surface area contributed by atoms with Gasteiger partial charge in [0.15, 0.2) is 12.6 Å². The van der Waals surface area contributed by atoms with Crippen molar-refractivity contribution in [3.8, 4) is 5.69 Å². The van der Waals surface area contributed by atoms with Gasteiger partial charge >= 0.3 is 5.97 Å². The molecule has 6 N–H and O–H groups in total. The number of aromatic nitrogens is 6. The number of halogens is 1. The first kappa shape index (κ1) is 63.5. The predicted molar refractivity (Wildman–Crippen MR) is 284 cm³/mol. The Morgan fingerprint density at radius 2 is 1.62 bits per heavy atom. The van der Waals surface area contributed by atoms with E-state index in [0.29, 0.717) is 48.6 Å². The molecule has 0 amide bonds. The van der Waals surface area contributed by atoms with Gasteiger partial charge < -0.3 is 73.6 Å². The molecule has 78 heavy (non-hydrogen) atoms. The number of rotatable bonds is 17. The van der Waals surface area contributed by atoms with Crippen molar-refractivity contribution in [1.29, 1.82) is 0 Å². The number of hydrogen-bond acceptors (Lipinski definition) is 20. The number of benzene rings is 1. The van der Waals surface area contributed by atoms with Gasteiger partial charge in [-0.2, -0.15) is 0 Å². The highest BCUT2D eigenvalue weighted by Gasteiger charge is 2.53. The van der Waals surface area contributed by atoms with E-state index in [0.717, 1.165) is 0 Å². The maximum absolute atomic E-state index is 15.0. The molecule has 3 saturated heterocycles. The normalized spacial score (nSPS) is 38.3. The lowest BCUT2D eigenvalue weighted by atomic mass is 9.77. The number of carbonyl (C=O) groups is 1. The van der Waals surface area contributed by atoms with Crippen molar-refractivity contribution in [2.75, 3.05) is 48.1 Å². The summed E-state index contributed by atoms with van der Waals surface area (Å²) in [6, 6.07) is 5.28. The van der Waals surface area contributed by atoms with Crippen LogP contribution in [0.5, 0.6) is 0 Å². The van der Waals surface area contributed by atoms with Gasteiger partial charge in [-0.3, -0.25) is 4.79 Å². The van der Waals surface area contributed by atoms with Gasteiger partial charge in [-0.15, -0.1) is 10.2 Å². The molecular weight excluding hydrogens is 1020 g/mol. The number of methoxy groups -OCH3 is 2. The number of esters is 1. The van der Waals surface area contributed by atoms with Gasteiger partial charge in [0, 0.05) is 64.3 Å². The summed E-state index contributed by atoms with van der Waals surface area (Å²) in [5, 5.41) is 86.6. The van der Waals surface area contributed by atoms with Crippen LogP contribution in [0.25, 0.3) is 5.69 Å². The number of alkyl halides is 1. The predicted octanol–water partition coefficient (Wildman–Crippen LogP) is 3.64. The summed E-state index contributed by atoms with van der Waals surface area (Å²) in [6.45, 7) is 19.0. The molecule has 0 radical (unpaired) electrons. The largest absolute Gasteiger partial charge is 0.459 e. The Bertz CT molecular complexity index is 2350. The topological polar surface area (TPSA) is 271 Å². The van der Waals surface area contributed by atoms with E-state index in [-0.39, 0.29) is 25.2 Å². The smallest absolute Gasteiger partial charge is 0.311 e. The molecule has 0 bridgehead atoms. The number of carbonyl (C=O) groups excluding carboxylic acids is 1. The molecule has 0 spiro atoms. The van der Waals surface area contributed by atoms with Crippen LogP contribution in [0.2, 0.25) is 0 Å². The highest BCUT2D eigenvalue weighted by atomic mass is 19.1. The summed E-state index contributed by atoms with van der Waals surface area (Å²) in [5.41, 5.74) is -2.22. The van der Waals surface area contributed by atoms with E-state index in [1.165, 1.54) is 25.8 Å². The molecule has 2 aromatic heterocycles. The molecule has 3 aromatic rings. The minimum Gasteiger partial charge on any atom is -0.459 e. The lowest BCUT2D eigenvalue weighted by molar-refractivity contribution is -0.318. The van der Waals surface area contributed by atoms with E-state index in [1.807, 2.05) is 49.9 Å². The standard InChI is InChI=1S/C55H91FN8O14/c1-16-43-55(11,71)48(67)34(6)62(13)27-30(2)24-53(9,70)50(32(4)46(33(5)51(69)76-43)77-44-25-54(10,73-15)49(68)36(8)75-44)78-52-45(66)41(23-31(3)74-52)61(12)22-21-38-28-64(59-57-38)42(26-56)47(72-14)37-17-19-39(20-18-37)63-29-40(35(7)65)58-60-63/h17-20,28-36,41-50,52,65-68,70-71H,16,21-27H2,1-15H3/t30-,31-,32+,33-,34-,35?,36+,41+,42-,43-,44+,45-,46+,47-,48-,49+,50-,52+,53-,54-,55-/m1/s1. The second-order valence-electron chi connectivity index (χ2n) is 23.4. The molecule has 23 heteroatoms. The molecule has 1 unspecified atom stereocenters. The zero-order chi connectivity index (χ0) is 57.8. The highest BCUT2D eigenvalue weighted by Crippen LogP contribution is 2.41. The first-order valence-corrected chi connectivity index (χ1v) is 27.6. The Balaban J connectivity index is 1.24. The number of aliphatic hydroxyl groups is 6. The fraction of sp³-hybridized carbons (Fsp3) is 0.800. The number of ether oxygens (including phenoxy) is 7. The van der Waals surface area contributed by atoms with Crippen molar-refractivity contribution in [2.24, 2.45) is 17.8 Å².